The van der Waals surface area contributed by atoms with Crippen LogP contribution in [0.1, 0.15) is 76.3 Å². The highest BCUT2D eigenvalue weighted by molar-refractivity contribution is 5.79. The largest absolute Gasteiger partial charge is 0.359 e. The molecule has 0 unspecified atom stereocenters. The van der Waals surface area contributed by atoms with Crippen LogP contribution in [0.3, 0.4) is 0 Å². The van der Waals surface area contributed by atoms with E-state index in [1.165, 1.54) is 12.8 Å². The number of piperidine rings is 1. The second-order valence-electron chi connectivity index (χ2n) is 8.47. The van der Waals surface area contributed by atoms with E-state index < -0.39 is 0 Å². The summed E-state index contributed by atoms with van der Waals surface area (Å²) in [5, 5.41) is 10.9. The maximum Gasteiger partial charge on any atom is 0.191 e. The van der Waals surface area contributed by atoms with Gasteiger partial charge in [0, 0.05) is 37.8 Å². The zero-order chi connectivity index (χ0) is 22.1. The molecule has 0 saturated carbocycles. The summed E-state index contributed by atoms with van der Waals surface area (Å²) in [6.07, 6.45) is 6.58. The molecule has 1 saturated heterocycles. The lowest BCUT2D eigenvalue weighted by molar-refractivity contribution is 0.368. The summed E-state index contributed by atoms with van der Waals surface area (Å²) < 4.78 is 5.51. The lowest BCUT2D eigenvalue weighted by Gasteiger charge is -2.31. The Morgan fingerprint density at radius 3 is 2.61 bits per heavy atom. The highest BCUT2D eigenvalue weighted by atomic mass is 16.5. The normalized spacial score (nSPS) is 15.5. The molecule has 170 valence electrons. The predicted molar refractivity (Wildman–Crippen MR) is 126 cm³/mol. The first-order chi connectivity index (χ1) is 15.1. The molecular weight excluding hydrogens is 388 g/mol. The van der Waals surface area contributed by atoms with Crippen molar-refractivity contribution in [1.29, 1.82) is 0 Å². The second kappa shape index (κ2) is 11.7. The molecule has 3 heterocycles. The average Bonchev–Trinajstić information content (AvgIpc) is 3.26. The zero-order valence-corrected chi connectivity index (χ0v) is 19.5. The summed E-state index contributed by atoms with van der Waals surface area (Å²) >= 11 is 0. The highest BCUT2D eigenvalue weighted by Crippen LogP contribution is 2.23. The van der Waals surface area contributed by atoms with Crippen molar-refractivity contribution in [3.63, 3.8) is 0 Å². The van der Waals surface area contributed by atoms with Crippen LogP contribution in [0, 0.1) is 5.92 Å². The standard InChI is InChI=1S/C24H38N6O/c1-5-20(6-2)22-14-21(31-29-22)17-28-24(25-7-3)27-16-19-8-9-23(26-15-19)30-12-10-18(4)11-13-30/h8-9,14-15,18,20H,5-7,10-13,16-17H2,1-4H3,(H2,25,27,28). The molecule has 2 N–H and O–H groups in total. The maximum absolute atomic E-state index is 5.51. The summed E-state index contributed by atoms with van der Waals surface area (Å²) in [7, 11) is 0. The van der Waals surface area contributed by atoms with Crippen molar-refractivity contribution in [2.45, 2.75) is 72.4 Å². The van der Waals surface area contributed by atoms with Crippen molar-refractivity contribution < 1.29 is 4.52 Å². The molecule has 0 aromatic carbocycles. The third-order valence-corrected chi connectivity index (χ3v) is 6.09. The molecule has 0 aliphatic carbocycles. The van der Waals surface area contributed by atoms with E-state index in [9.17, 15) is 0 Å². The lowest BCUT2D eigenvalue weighted by Crippen LogP contribution is -2.36. The van der Waals surface area contributed by atoms with Crippen LogP contribution in [0.25, 0.3) is 0 Å². The fourth-order valence-electron chi connectivity index (χ4n) is 3.93. The van der Waals surface area contributed by atoms with Gasteiger partial charge in [0.25, 0.3) is 0 Å². The van der Waals surface area contributed by atoms with Gasteiger partial charge >= 0.3 is 0 Å². The van der Waals surface area contributed by atoms with E-state index in [4.69, 9.17) is 9.52 Å². The number of guanidine groups is 1. The number of hydrogen-bond acceptors (Lipinski definition) is 5. The molecule has 7 heteroatoms. The average molecular weight is 427 g/mol. The summed E-state index contributed by atoms with van der Waals surface area (Å²) in [4.78, 5) is 11.8. The molecule has 1 aliphatic heterocycles. The number of nitrogens with one attached hydrogen (secondary N) is 2. The van der Waals surface area contributed by atoms with E-state index in [-0.39, 0.29) is 0 Å². The zero-order valence-electron chi connectivity index (χ0n) is 19.5. The third kappa shape index (κ3) is 6.71. The molecule has 1 aliphatic rings. The van der Waals surface area contributed by atoms with Gasteiger partial charge in [0.15, 0.2) is 11.7 Å². The van der Waals surface area contributed by atoms with Crippen molar-refractivity contribution >= 4 is 11.8 Å². The number of anilines is 1. The Balaban J connectivity index is 1.54. The van der Waals surface area contributed by atoms with Gasteiger partial charge in [-0.05, 0) is 50.2 Å². The van der Waals surface area contributed by atoms with Gasteiger partial charge in [0.05, 0.1) is 18.8 Å². The van der Waals surface area contributed by atoms with Crippen LogP contribution in [0.4, 0.5) is 5.82 Å². The van der Waals surface area contributed by atoms with Crippen molar-refractivity contribution in [1.82, 2.24) is 20.8 Å². The van der Waals surface area contributed by atoms with Gasteiger partial charge < -0.3 is 20.1 Å². The molecule has 0 atom stereocenters. The minimum atomic E-state index is 0.461. The van der Waals surface area contributed by atoms with Gasteiger partial charge in [-0.2, -0.15) is 0 Å². The Kier molecular flexibility index (Phi) is 8.74. The quantitative estimate of drug-likeness (QED) is 0.455. The van der Waals surface area contributed by atoms with Gasteiger partial charge in [-0.3, -0.25) is 0 Å². The van der Waals surface area contributed by atoms with Crippen LogP contribution in [-0.2, 0) is 13.1 Å². The van der Waals surface area contributed by atoms with Gasteiger partial charge in [0.1, 0.15) is 5.82 Å². The van der Waals surface area contributed by atoms with Gasteiger partial charge in [0.2, 0.25) is 0 Å². The van der Waals surface area contributed by atoms with E-state index in [0.29, 0.717) is 19.0 Å². The lowest BCUT2D eigenvalue weighted by atomic mass is 9.99. The maximum atomic E-state index is 5.51. The predicted octanol–water partition coefficient (Wildman–Crippen LogP) is 4.46. The van der Waals surface area contributed by atoms with Gasteiger partial charge in [-0.1, -0.05) is 32.0 Å². The first kappa shape index (κ1) is 23.1. The molecular formula is C24H38N6O. The van der Waals surface area contributed by atoms with E-state index in [0.717, 1.165) is 67.2 Å². The minimum Gasteiger partial charge on any atom is -0.359 e. The molecule has 7 nitrogen and oxygen atoms in total. The molecule has 31 heavy (non-hydrogen) atoms. The first-order valence-electron chi connectivity index (χ1n) is 11.8. The molecule has 2 aromatic heterocycles. The van der Waals surface area contributed by atoms with Crippen LogP contribution >= 0.6 is 0 Å². The number of pyridine rings is 1. The fourth-order valence-corrected chi connectivity index (χ4v) is 3.93. The van der Waals surface area contributed by atoms with E-state index in [1.807, 2.05) is 6.20 Å². The number of rotatable bonds is 9. The Hall–Kier alpha value is -2.57. The van der Waals surface area contributed by atoms with Crippen LogP contribution < -0.4 is 15.5 Å². The van der Waals surface area contributed by atoms with Crippen LogP contribution in [0.5, 0.6) is 0 Å². The van der Waals surface area contributed by atoms with Gasteiger partial charge in [-0.25, -0.2) is 9.98 Å². The van der Waals surface area contributed by atoms with Crippen molar-refractivity contribution in [3.05, 3.63) is 41.4 Å². The molecule has 0 amide bonds. The molecule has 3 rings (SSSR count). The highest BCUT2D eigenvalue weighted by Gasteiger charge is 2.17. The Bertz CT molecular complexity index is 804. The van der Waals surface area contributed by atoms with E-state index in [1.54, 1.807) is 0 Å². The van der Waals surface area contributed by atoms with Crippen LogP contribution in [0.15, 0.2) is 33.9 Å². The Labute approximate surface area is 186 Å². The smallest absolute Gasteiger partial charge is 0.191 e. The van der Waals surface area contributed by atoms with Gasteiger partial charge in [-0.15, -0.1) is 0 Å². The van der Waals surface area contributed by atoms with Crippen LogP contribution in [0.2, 0.25) is 0 Å². The topological polar surface area (TPSA) is 78.6 Å². The van der Waals surface area contributed by atoms with Crippen LogP contribution in [-0.4, -0.2) is 35.7 Å². The second-order valence-corrected chi connectivity index (χ2v) is 8.47. The summed E-state index contributed by atoms with van der Waals surface area (Å²) in [5.74, 6) is 3.95. The number of nitrogens with zero attached hydrogens (tertiary/aromatic N) is 4. The number of hydrogen-bond donors (Lipinski definition) is 2. The molecule has 2 aromatic rings. The number of aromatic nitrogens is 2. The Morgan fingerprint density at radius 1 is 1.19 bits per heavy atom. The minimum absolute atomic E-state index is 0.461. The SMILES string of the molecule is CCNC(=NCc1ccc(N2CCC(C)CC2)nc1)NCc1cc(C(CC)CC)no1. The molecule has 0 bridgehead atoms. The van der Waals surface area contributed by atoms with Crippen molar-refractivity contribution in [2.24, 2.45) is 10.9 Å². The summed E-state index contributed by atoms with van der Waals surface area (Å²) in [6, 6.07) is 6.30. The molecule has 0 spiro atoms. The Morgan fingerprint density at radius 2 is 1.97 bits per heavy atom. The van der Waals surface area contributed by atoms with E-state index in [2.05, 4.69) is 71.6 Å². The summed E-state index contributed by atoms with van der Waals surface area (Å²) in [5.41, 5.74) is 2.14. The monoisotopic (exact) mass is 426 g/mol. The van der Waals surface area contributed by atoms with Crippen molar-refractivity contribution in [3.8, 4) is 0 Å². The third-order valence-electron chi connectivity index (χ3n) is 6.09. The first-order valence-corrected chi connectivity index (χ1v) is 11.8. The molecule has 0 radical (unpaired) electrons. The summed E-state index contributed by atoms with van der Waals surface area (Å²) in [6.45, 7) is 12.9. The van der Waals surface area contributed by atoms with Crippen molar-refractivity contribution in [2.75, 3.05) is 24.5 Å². The molecule has 1 fully saturated rings. The number of aliphatic imine (C=N–C) groups is 1. The fraction of sp³-hybridized carbons (Fsp3) is 0.625. The van der Waals surface area contributed by atoms with E-state index >= 15 is 0 Å².